The number of rotatable bonds is 3. The van der Waals surface area contributed by atoms with Gasteiger partial charge in [0.1, 0.15) is 11.2 Å². The van der Waals surface area contributed by atoms with Gasteiger partial charge >= 0.3 is 0 Å². The van der Waals surface area contributed by atoms with E-state index in [-0.39, 0.29) is 40.5 Å². The van der Waals surface area contributed by atoms with Crippen LogP contribution in [0.5, 0.6) is 0 Å². The predicted octanol–water partition coefficient (Wildman–Crippen LogP) is 12.6. The van der Waals surface area contributed by atoms with Gasteiger partial charge in [0.15, 0.2) is 0 Å². The van der Waals surface area contributed by atoms with Crippen LogP contribution in [0.4, 0.5) is 0 Å². The number of fused-ring (bicyclic) bond motifs is 4. The number of hydrogen-bond donors (Lipinski definition) is 0. The summed E-state index contributed by atoms with van der Waals surface area (Å²) in [5.41, 5.74) is 6.56. The van der Waals surface area contributed by atoms with E-state index in [1.54, 1.807) is 0 Å². The van der Waals surface area contributed by atoms with Gasteiger partial charge in [-0.25, -0.2) is 0 Å². The molecule has 1 heterocycles. The van der Waals surface area contributed by atoms with E-state index in [4.69, 9.17) is 12.6 Å². The van der Waals surface area contributed by atoms with E-state index in [2.05, 4.69) is 54.6 Å². The SMILES string of the molecule is [2H]c1c([2H])c([2H])c2c([2H])c(-c3ccc4ccc5c(-c6ccc(-c7ccccc7)c7oc8ccccc8c67)ccc6ccc3c4c65)c([2H])c([2H])c2c1[2H]. The normalized spacial score (nSPS) is 14.2. The van der Waals surface area contributed by atoms with Crippen LogP contribution in [0.25, 0.3) is 98.4 Å². The molecule has 1 heteroatoms. The van der Waals surface area contributed by atoms with Crippen molar-refractivity contribution in [3.05, 3.63) is 158 Å². The molecule has 9 aromatic carbocycles. The molecular weight excluding hydrogens is 544 g/mol. The second-order valence-corrected chi connectivity index (χ2v) is 11.5. The van der Waals surface area contributed by atoms with Gasteiger partial charge in [0.25, 0.3) is 0 Å². The van der Waals surface area contributed by atoms with Gasteiger partial charge in [0.2, 0.25) is 0 Å². The van der Waals surface area contributed by atoms with Gasteiger partial charge in [-0.3, -0.25) is 0 Å². The van der Waals surface area contributed by atoms with Gasteiger partial charge in [-0.05, 0) is 89.1 Å². The Morgan fingerprint density at radius 1 is 0.400 bits per heavy atom. The highest BCUT2D eigenvalue weighted by molar-refractivity contribution is 6.29. The lowest BCUT2D eigenvalue weighted by molar-refractivity contribution is 0.670. The minimum absolute atomic E-state index is 0.0507. The fourth-order valence-corrected chi connectivity index (χ4v) is 7.07. The van der Waals surface area contributed by atoms with Crippen molar-refractivity contribution in [2.75, 3.05) is 0 Å². The van der Waals surface area contributed by atoms with Crippen LogP contribution >= 0.6 is 0 Å². The van der Waals surface area contributed by atoms with E-state index in [0.717, 1.165) is 76.5 Å². The van der Waals surface area contributed by atoms with Gasteiger partial charge in [-0.1, -0.05) is 139 Å². The summed E-state index contributed by atoms with van der Waals surface area (Å²) in [6, 6.07) is 36.6. The molecule has 0 spiro atoms. The monoisotopic (exact) mass is 577 g/mol. The van der Waals surface area contributed by atoms with E-state index in [1.165, 1.54) is 0 Å². The zero-order chi connectivity index (χ0) is 35.6. The molecule has 0 saturated carbocycles. The van der Waals surface area contributed by atoms with Crippen LogP contribution in [0.3, 0.4) is 0 Å². The third-order valence-corrected chi connectivity index (χ3v) is 9.09. The van der Waals surface area contributed by atoms with Crippen LogP contribution in [0.1, 0.15) is 9.60 Å². The zero-order valence-corrected chi connectivity index (χ0v) is 23.9. The molecule has 0 amide bonds. The number of para-hydroxylation sites is 1. The third-order valence-electron chi connectivity index (χ3n) is 9.09. The molecule has 0 aliphatic carbocycles. The Hall–Kier alpha value is -5.92. The van der Waals surface area contributed by atoms with Crippen molar-refractivity contribution in [1.29, 1.82) is 0 Å². The van der Waals surface area contributed by atoms with Crippen LogP contribution in [0.2, 0.25) is 0 Å². The maximum atomic E-state index is 9.25. The Kier molecular flexibility index (Phi) is 3.86. The first-order valence-corrected chi connectivity index (χ1v) is 14.9. The highest BCUT2D eigenvalue weighted by Gasteiger charge is 2.20. The first-order valence-electron chi connectivity index (χ1n) is 18.4. The van der Waals surface area contributed by atoms with E-state index in [0.29, 0.717) is 5.56 Å². The summed E-state index contributed by atoms with van der Waals surface area (Å²) in [4.78, 5) is 0. The molecule has 45 heavy (non-hydrogen) atoms. The van der Waals surface area contributed by atoms with Crippen molar-refractivity contribution < 1.29 is 14.0 Å². The lowest BCUT2D eigenvalue weighted by atomic mass is 9.86. The summed E-state index contributed by atoms with van der Waals surface area (Å²) in [7, 11) is 0. The average molecular weight is 578 g/mol. The van der Waals surface area contributed by atoms with Gasteiger partial charge in [0.05, 0.1) is 9.60 Å². The Morgan fingerprint density at radius 3 is 1.87 bits per heavy atom. The van der Waals surface area contributed by atoms with Crippen molar-refractivity contribution in [2.45, 2.75) is 0 Å². The number of hydrogen-bond acceptors (Lipinski definition) is 1. The summed E-state index contributed by atoms with van der Waals surface area (Å²) in [6.07, 6.45) is 0. The smallest absolute Gasteiger partial charge is 0.143 e. The van der Waals surface area contributed by atoms with Crippen LogP contribution < -0.4 is 0 Å². The van der Waals surface area contributed by atoms with Crippen LogP contribution in [0, 0.1) is 0 Å². The molecule has 10 aromatic rings. The summed E-state index contributed by atoms with van der Waals surface area (Å²) >= 11 is 0. The van der Waals surface area contributed by atoms with E-state index < -0.39 is 18.1 Å². The topological polar surface area (TPSA) is 13.1 Å². The molecule has 1 aromatic heterocycles. The Morgan fingerprint density at radius 2 is 1.04 bits per heavy atom. The average Bonchev–Trinajstić information content (AvgIpc) is 3.57. The fourth-order valence-electron chi connectivity index (χ4n) is 7.07. The molecule has 0 N–H and O–H groups in total. The van der Waals surface area contributed by atoms with Crippen LogP contribution in [0.15, 0.2) is 162 Å². The zero-order valence-electron chi connectivity index (χ0n) is 30.9. The maximum absolute atomic E-state index is 9.25. The van der Waals surface area contributed by atoms with Crippen molar-refractivity contribution in [3.63, 3.8) is 0 Å². The molecule has 208 valence electrons. The van der Waals surface area contributed by atoms with Crippen molar-refractivity contribution in [1.82, 2.24) is 0 Å². The molecular formula is C44H26O. The number of benzene rings is 9. The molecule has 0 aliphatic heterocycles. The molecule has 0 radical (unpaired) electrons. The second-order valence-electron chi connectivity index (χ2n) is 11.5. The standard InChI is InChI=1S/C44H26O/c1-2-9-28(10-3-1)34-24-25-38(43-39-12-6-7-13-40(39)45-44(34)43)35-21-17-30-18-22-36-33(20-16-29-19-23-37(35)42(30)41(29)36)32-15-14-27-8-4-5-11-31(27)26-32/h1-26H/i4D,5D,8D,11D,14D,15D,26D. The first-order chi connectivity index (χ1) is 25.2. The lowest BCUT2D eigenvalue weighted by Gasteiger charge is -2.17. The lowest BCUT2D eigenvalue weighted by Crippen LogP contribution is -1.90. The summed E-state index contributed by atoms with van der Waals surface area (Å²) < 4.78 is 67.3. The van der Waals surface area contributed by atoms with Gasteiger partial charge in [-0.2, -0.15) is 0 Å². The second kappa shape index (κ2) is 9.29. The molecule has 0 aliphatic rings. The van der Waals surface area contributed by atoms with Gasteiger partial charge in [-0.15, -0.1) is 0 Å². The molecule has 0 saturated heterocycles. The van der Waals surface area contributed by atoms with Crippen LogP contribution in [-0.4, -0.2) is 0 Å². The van der Waals surface area contributed by atoms with E-state index >= 15 is 0 Å². The summed E-state index contributed by atoms with van der Waals surface area (Å²) in [5, 5.41) is 7.77. The van der Waals surface area contributed by atoms with Crippen LogP contribution in [-0.2, 0) is 0 Å². The minimum Gasteiger partial charge on any atom is -0.455 e. The largest absolute Gasteiger partial charge is 0.455 e. The molecule has 0 unspecified atom stereocenters. The van der Waals surface area contributed by atoms with Gasteiger partial charge < -0.3 is 4.42 Å². The van der Waals surface area contributed by atoms with E-state index in [1.807, 2.05) is 60.7 Å². The van der Waals surface area contributed by atoms with Crippen molar-refractivity contribution in [3.8, 4) is 33.4 Å². The summed E-state index contributed by atoms with van der Waals surface area (Å²) in [6.45, 7) is 0. The highest BCUT2D eigenvalue weighted by atomic mass is 16.3. The third kappa shape index (κ3) is 3.56. The Labute approximate surface area is 269 Å². The highest BCUT2D eigenvalue weighted by Crippen LogP contribution is 2.46. The molecule has 10 rings (SSSR count). The Balaban J connectivity index is 1.28. The fraction of sp³-hybridized carbons (Fsp3) is 0. The van der Waals surface area contributed by atoms with Gasteiger partial charge in [0, 0.05) is 16.3 Å². The first kappa shape index (κ1) is 18.7. The molecule has 1 nitrogen and oxygen atoms in total. The molecule has 0 bridgehead atoms. The number of furan rings is 1. The predicted molar refractivity (Wildman–Crippen MR) is 191 cm³/mol. The Bertz CT molecular complexity index is 3150. The van der Waals surface area contributed by atoms with E-state index in [9.17, 15) is 1.37 Å². The minimum atomic E-state index is -0.480. The quantitative estimate of drug-likeness (QED) is 0.190. The summed E-state index contributed by atoms with van der Waals surface area (Å²) in [5.74, 6) is 0. The molecule has 0 fully saturated rings. The maximum Gasteiger partial charge on any atom is 0.143 e. The van der Waals surface area contributed by atoms with Crippen molar-refractivity contribution >= 4 is 65.0 Å². The van der Waals surface area contributed by atoms with Crippen molar-refractivity contribution in [2.24, 2.45) is 0 Å². The molecule has 0 atom stereocenters.